The van der Waals surface area contributed by atoms with Crippen LogP contribution in [-0.2, 0) is 0 Å². The van der Waals surface area contributed by atoms with Crippen molar-refractivity contribution in [1.29, 1.82) is 0 Å². The predicted octanol–water partition coefficient (Wildman–Crippen LogP) is 6.43. The summed E-state index contributed by atoms with van der Waals surface area (Å²) in [6.45, 7) is 6.01. The van der Waals surface area contributed by atoms with Crippen molar-refractivity contribution in [2.75, 3.05) is 0 Å². The minimum absolute atomic E-state index is 1.19. The van der Waals surface area contributed by atoms with E-state index in [2.05, 4.69) is 25.7 Å². The Bertz CT molecular complexity index is 167. The van der Waals surface area contributed by atoms with E-state index in [-0.39, 0.29) is 0 Å². The molecule has 0 aliphatic carbocycles. The van der Waals surface area contributed by atoms with Crippen LogP contribution < -0.4 is 0 Å². The topological polar surface area (TPSA) is 0 Å². The summed E-state index contributed by atoms with van der Waals surface area (Å²) in [7, 11) is 0. The van der Waals surface area contributed by atoms with Crippen molar-refractivity contribution in [2.45, 2.75) is 84.0 Å². The van der Waals surface area contributed by atoms with E-state index in [1.807, 2.05) is 6.08 Å². The van der Waals surface area contributed by atoms with Gasteiger partial charge < -0.3 is 0 Å². The van der Waals surface area contributed by atoms with Gasteiger partial charge in [0.1, 0.15) is 0 Å². The van der Waals surface area contributed by atoms with Gasteiger partial charge in [0.15, 0.2) is 0 Å². The zero-order chi connectivity index (χ0) is 12.6. The van der Waals surface area contributed by atoms with Crippen molar-refractivity contribution >= 4 is 0 Å². The van der Waals surface area contributed by atoms with E-state index >= 15 is 0 Å². The molecule has 0 heteroatoms. The number of rotatable bonds is 13. The average Bonchev–Trinajstić information content (AvgIpc) is 2.35. The first-order valence-electron chi connectivity index (χ1n) is 7.67. The molecule has 0 bridgehead atoms. The van der Waals surface area contributed by atoms with Gasteiger partial charge in [0.05, 0.1) is 0 Å². The molecule has 17 heavy (non-hydrogen) atoms. The number of allylic oxidation sites excluding steroid dienone is 3. The van der Waals surface area contributed by atoms with E-state index in [4.69, 9.17) is 0 Å². The highest BCUT2D eigenvalue weighted by molar-refractivity contribution is 4.81. The zero-order valence-electron chi connectivity index (χ0n) is 11.9. The summed E-state index contributed by atoms with van der Waals surface area (Å²) in [5.41, 5.74) is 0. The Labute approximate surface area is 109 Å². The molecule has 0 spiro atoms. The van der Waals surface area contributed by atoms with Gasteiger partial charge in [-0.25, -0.2) is 0 Å². The predicted molar refractivity (Wildman–Crippen MR) is 80.4 cm³/mol. The molecule has 0 aromatic heterocycles. The Morgan fingerprint density at radius 2 is 1.12 bits per heavy atom. The van der Waals surface area contributed by atoms with Gasteiger partial charge in [0.25, 0.3) is 0 Å². The highest BCUT2D eigenvalue weighted by Crippen LogP contribution is 2.08. The van der Waals surface area contributed by atoms with Crippen LogP contribution in [0.1, 0.15) is 84.0 Å². The van der Waals surface area contributed by atoms with Crippen LogP contribution in [0.4, 0.5) is 0 Å². The molecule has 0 aromatic carbocycles. The summed E-state index contributed by atoms with van der Waals surface area (Å²) >= 11 is 0. The van der Waals surface area contributed by atoms with Crippen LogP contribution in [0.5, 0.6) is 0 Å². The highest BCUT2D eigenvalue weighted by Gasteiger charge is 1.88. The molecule has 0 amide bonds. The average molecular weight is 236 g/mol. The normalized spacial score (nSPS) is 11.1. The highest BCUT2D eigenvalue weighted by atomic mass is 13.9. The number of hydrogen-bond acceptors (Lipinski definition) is 0. The van der Waals surface area contributed by atoms with Gasteiger partial charge in [-0.2, -0.15) is 0 Å². The molecule has 0 N–H and O–H groups in total. The van der Waals surface area contributed by atoms with Crippen LogP contribution in [-0.4, -0.2) is 0 Å². The van der Waals surface area contributed by atoms with Crippen LogP contribution in [0.3, 0.4) is 0 Å². The molecule has 0 aromatic rings. The summed E-state index contributed by atoms with van der Waals surface area (Å²) in [5.74, 6) is 0. The van der Waals surface area contributed by atoms with E-state index < -0.39 is 0 Å². The maximum Gasteiger partial charge on any atom is -0.0351 e. The van der Waals surface area contributed by atoms with Crippen molar-refractivity contribution < 1.29 is 0 Å². The molecular weight excluding hydrogens is 204 g/mol. The molecule has 0 fully saturated rings. The Hall–Kier alpha value is -0.520. The summed E-state index contributed by atoms with van der Waals surface area (Å²) in [6, 6.07) is 0. The summed E-state index contributed by atoms with van der Waals surface area (Å²) in [4.78, 5) is 0. The smallest absolute Gasteiger partial charge is 0.0351 e. The lowest BCUT2D eigenvalue weighted by molar-refractivity contribution is 0.621. The molecule has 0 rings (SSSR count). The van der Waals surface area contributed by atoms with E-state index in [1.54, 1.807) is 0 Å². The lowest BCUT2D eigenvalue weighted by Gasteiger charge is -1.98. The second kappa shape index (κ2) is 15.5. The molecule has 0 aliphatic heterocycles. The van der Waals surface area contributed by atoms with Crippen molar-refractivity contribution in [3.63, 3.8) is 0 Å². The second-order valence-corrected chi connectivity index (χ2v) is 4.95. The fourth-order valence-corrected chi connectivity index (χ4v) is 2.01. The van der Waals surface area contributed by atoms with E-state index in [0.29, 0.717) is 0 Å². The van der Waals surface area contributed by atoms with Crippen molar-refractivity contribution in [2.24, 2.45) is 0 Å². The molecule has 0 heterocycles. The van der Waals surface area contributed by atoms with Gasteiger partial charge >= 0.3 is 0 Å². The first-order chi connectivity index (χ1) is 8.41. The molecule has 0 aliphatic rings. The minimum atomic E-state index is 1.19. The molecular formula is C17H32. The lowest BCUT2D eigenvalue weighted by Crippen LogP contribution is -1.78. The third-order valence-electron chi connectivity index (χ3n) is 3.17. The van der Waals surface area contributed by atoms with Crippen LogP contribution in [0.15, 0.2) is 24.8 Å². The fraction of sp³-hybridized carbons (Fsp3) is 0.765. The second-order valence-electron chi connectivity index (χ2n) is 4.95. The molecule has 100 valence electrons. The van der Waals surface area contributed by atoms with Crippen LogP contribution in [0.25, 0.3) is 0 Å². The Morgan fingerprint density at radius 3 is 1.65 bits per heavy atom. The van der Waals surface area contributed by atoms with Gasteiger partial charge in [-0.05, 0) is 38.5 Å². The van der Waals surface area contributed by atoms with Gasteiger partial charge in [0, 0.05) is 0 Å². The minimum Gasteiger partial charge on any atom is -0.103 e. The quantitative estimate of drug-likeness (QED) is 0.255. The molecule has 0 saturated heterocycles. The summed E-state index contributed by atoms with van der Waals surface area (Å²) < 4.78 is 0. The maximum atomic E-state index is 3.75. The van der Waals surface area contributed by atoms with Gasteiger partial charge in [0.2, 0.25) is 0 Å². The standard InChI is InChI=1S/C17H32/c1-3-5-7-9-11-13-15-17-16-14-12-10-8-6-4-2/h3,14,16H,1,4-13,15,17H2,2H3/b16-14+. The molecule has 0 atom stereocenters. The van der Waals surface area contributed by atoms with Gasteiger partial charge in [-0.1, -0.05) is 63.7 Å². The summed E-state index contributed by atoms with van der Waals surface area (Å²) in [6.07, 6.45) is 23.0. The summed E-state index contributed by atoms with van der Waals surface area (Å²) in [5, 5.41) is 0. The Balaban J connectivity index is 3.01. The largest absolute Gasteiger partial charge is 0.103 e. The van der Waals surface area contributed by atoms with E-state index in [9.17, 15) is 0 Å². The maximum absolute atomic E-state index is 3.75. The van der Waals surface area contributed by atoms with E-state index in [1.165, 1.54) is 77.0 Å². The van der Waals surface area contributed by atoms with E-state index in [0.717, 1.165) is 0 Å². The third kappa shape index (κ3) is 15.5. The van der Waals surface area contributed by atoms with Crippen molar-refractivity contribution in [3.8, 4) is 0 Å². The molecule has 0 nitrogen and oxygen atoms in total. The lowest BCUT2D eigenvalue weighted by atomic mass is 10.1. The Morgan fingerprint density at radius 1 is 0.647 bits per heavy atom. The van der Waals surface area contributed by atoms with Crippen molar-refractivity contribution in [3.05, 3.63) is 24.8 Å². The van der Waals surface area contributed by atoms with Crippen molar-refractivity contribution in [1.82, 2.24) is 0 Å². The molecule has 0 radical (unpaired) electrons. The third-order valence-corrected chi connectivity index (χ3v) is 3.17. The fourth-order valence-electron chi connectivity index (χ4n) is 2.01. The SMILES string of the molecule is C=CCCCCCCC/C=C/CCCCCC. The molecule has 0 unspecified atom stereocenters. The number of unbranched alkanes of at least 4 members (excludes halogenated alkanes) is 10. The van der Waals surface area contributed by atoms with Crippen LogP contribution >= 0.6 is 0 Å². The monoisotopic (exact) mass is 236 g/mol. The molecule has 0 saturated carbocycles. The van der Waals surface area contributed by atoms with Gasteiger partial charge in [-0.15, -0.1) is 6.58 Å². The van der Waals surface area contributed by atoms with Crippen LogP contribution in [0, 0.1) is 0 Å². The first-order valence-corrected chi connectivity index (χ1v) is 7.67. The first kappa shape index (κ1) is 16.5. The Kier molecular flexibility index (Phi) is 15.0. The van der Waals surface area contributed by atoms with Crippen LogP contribution in [0.2, 0.25) is 0 Å². The van der Waals surface area contributed by atoms with Gasteiger partial charge in [-0.3, -0.25) is 0 Å². The number of hydrogen-bond donors (Lipinski definition) is 0. The zero-order valence-corrected chi connectivity index (χ0v) is 11.9.